The minimum atomic E-state index is 0.564. The number of anilines is 2. The van der Waals surface area contributed by atoms with E-state index in [0.717, 1.165) is 11.5 Å². The van der Waals surface area contributed by atoms with Crippen molar-refractivity contribution in [2.45, 2.75) is 6.92 Å². The van der Waals surface area contributed by atoms with Crippen LogP contribution in [0.3, 0.4) is 0 Å². The van der Waals surface area contributed by atoms with Crippen LogP contribution in [0.2, 0.25) is 0 Å². The van der Waals surface area contributed by atoms with Gasteiger partial charge in [-0.1, -0.05) is 0 Å². The minimum Gasteiger partial charge on any atom is -0.329 e. The summed E-state index contributed by atoms with van der Waals surface area (Å²) < 4.78 is 1.69. The van der Waals surface area contributed by atoms with Crippen LogP contribution in [0, 0.1) is 29.6 Å². The second-order valence-electron chi connectivity index (χ2n) is 4.24. The largest absolute Gasteiger partial charge is 0.329 e. The number of nitriles is 2. The summed E-state index contributed by atoms with van der Waals surface area (Å²) in [6, 6.07) is 11.5. The monoisotopic (exact) mass is 251 g/mol. The van der Waals surface area contributed by atoms with Gasteiger partial charge in [-0.05, 0) is 31.2 Å². The summed E-state index contributed by atoms with van der Waals surface area (Å²) in [5.74, 6) is 0.740. The van der Waals surface area contributed by atoms with Crippen molar-refractivity contribution in [3.05, 3.63) is 41.1 Å². The van der Waals surface area contributed by atoms with Crippen molar-refractivity contribution in [2.24, 2.45) is 7.05 Å². The molecule has 1 aromatic carbocycles. The van der Waals surface area contributed by atoms with E-state index in [4.69, 9.17) is 5.26 Å². The van der Waals surface area contributed by atoms with Crippen molar-refractivity contribution < 1.29 is 0 Å². The highest BCUT2D eigenvalue weighted by Crippen LogP contribution is 2.28. The molecule has 1 heterocycles. The first-order chi connectivity index (χ1) is 9.08. The number of rotatable bonds is 2. The van der Waals surface area contributed by atoms with Gasteiger partial charge in [0.25, 0.3) is 0 Å². The van der Waals surface area contributed by atoms with Gasteiger partial charge in [0.05, 0.1) is 17.3 Å². The zero-order valence-corrected chi connectivity index (χ0v) is 11.0. The van der Waals surface area contributed by atoms with E-state index >= 15 is 0 Å². The molecule has 2 aromatic rings. The van der Waals surface area contributed by atoms with Gasteiger partial charge in [0.1, 0.15) is 17.5 Å². The average molecular weight is 251 g/mol. The lowest BCUT2D eigenvalue weighted by atomic mass is 10.2. The van der Waals surface area contributed by atoms with Crippen LogP contribution in [0.1, 0.15) is 16.8 Å². The highest BCUT2D eigenvalue weighted by molar-refractivity contribution is 5.67. The number of nitrogens with zero attached hydrogens (tertiary/aromatic N) is 5. The molecule has 0 saturated carbocycles. The van der Waals surface area contributed by atoms with Crippen molar-refractivity contribution in [1.82, 2.24) is 9.78 Å². The zero-order valence-electron chi connectivity index (χ0n) is 11.0. The number of aromatic nitrogens is 2. The van der Waals surface area contributed by atoms with Crippen LogP contribution in [-0.4, -0.2) is 16.8 Å². The third kappa shape index (κ3) is 2.14. The van der Waals surface area contributed by atoms with E-state index in [9.17, 15) is 5.26 Å². The maximum atomic E-state index is 9.22. The Morgan fingerprint density at radius 3 is 2.32 bits per heavy atom. The van der Waals surface area contributed by atoms with E-state index < -0.39 is 0 Å². The molecule has 19 heavy (non-hydrogen) atoms. The van der Waals surface area contributed by atoms with Crippen LogP contribution in [0.25, 0.3) is 0 Å². The summed E-state index contributed by atoms with van der Waals surface area (Å²) in [5, 5.41) is 22.3. The molecule has 0 saturated heterocycles. The first-order valence-corrected chi connectivity index (χ1v) is 5.76. The molecule has 0 radical (unpaired) electrons. The maximum Gasteiger partial charge on any atom is 0.149 e. The Morgan fingerprint density at radius 2 is 1.79 bits per heavy atom. The van der Waals surface area contributed by atoms with Gasteiger partial charge in [-0.25, -0.2) is 0 Å². The van der Waals surface area contributed by atoms with Gasteiger partial charge in [0, 0.05) is 19.8 Å². The van der Waals surface area contributed by atoms with Gasteiger partial charge >= 0.3 is 0 Å². The average Bonchev–Trinajstić information content (AvgIpc) is 2.72. The molecule has 5 nitrogen and oxygen atoms in total. The molecule has 94 valence electrons. The van der Waals surface area contributed by atoms with Crippen molar-refractivity contribution >= 4 is 11.5 Å². The van der Waals surface area contributed by atoms with Crippen molar-refractivity contribution in [3.63, 3.8) is 0 Å². The van der Waals surface area contributed by atoms with E-state index in [2.05, 4.69) is 17.2 Å². The molecule has 5 heteroatoms. The number of hydrogen-bond acceptors (Lipinski definition) is 4. The molecule has 2 rings (SSSR count). The molecule has 0 spiro atoms. The Labute approximate surface area is 111 Å². The van der Waals surface area contributed by atoms with Crippen molar-refractivity contribution in [2.75, 3.05) is 11.9 Å². The molecule has 0 unspecified atom stereocenters. The molecule has 0 aliphatic heterocycles. The molecule has 0 atom stereocenters. The topological polar surface area (TPSA) is 68.6 Å². The van der Waals surface area contributed by atoms with Gasteiger partial charge in [-0.3, -0.25) is 4.68 Å². The summed E-state index contributed by atoms with van der Waals surface area (Å²) in [5.41, 5.74) is 2.78. The first-order valence-electron chi connectivity index (χ1n) is 5.76. The maximum absolute atomic E-state index is 9.22. The van der Waals surface area contributed by atoms with Crippen LogP contribution < -0.4 is 4.90 Å². The molecular weight excluding hydrogens is 238 g/mol. The fraction of sp³-hybridized carbons (Fsp3) is 0.214. The number of aryl methyl sites for hydroxylation is 2. The molecule has 1 aromatic heterocycles. The Balaban J connectivity index is 2.47. The van der Waals surface area contributed by atoms with Crippen LogP contribution in [0.15, 0.2) is 24.3 Å². The first kappa shape index (κ1) is 12.7. The number of hydrogen-bond donors (Lipinski definition) is 0. The summed E-state index contributed by atoms with van der Waals surface area (Å²) in [6.07, 6.45) is 0. The summed E-state index contributed by atoms with van der Waals surface area (Å²) in [7, 11) is 3.68. The van der Waals surface area contributed by atoms with E-state index in [1.807, 2.05) is 38.1 Å². The molecule has 0 N–H and O–H groups in total. The highest BCUT2D eigenvalue weighted by atomic mass is 15.4. The summed E-state index contributed by atoms with van der Waals surface area (Å²) in [6.45, 7) is 1.81. The molecule has 0 aliphatic carbocycles. The van der Waals surface area contributed by atoms with E-state index in [-0.39, 0.29) is 0 Å². The smallest absolute Gasteiger partial charge is 0.149 e. The normalized spacial score (nSPS) is 9.74. The Kier molecular flexibility index (Phi) is 3.22. The van der Waals surface area contributed by atoms with Crippen molar-refractivity contribution in [3.8, 4) is 12.1 Å². The van der Waals surface area contributed by atoms with Crippen LogP contribution in [-0.2, 0) is 7.05 Å². The highest BCUT2D eigenvalue weighted by Gasteiger charge is 2.17. The SMILES string of the molecule is Cc1nn(C)c(N(C)c2ccc(C#N)cc2)c1C#N. The zero-order chi connectivity index (χ0) is 14.0. The molecule has 0 amide bonds. The van der Waals surface area contributed by atoms with Crippen LogP contribution in [0.4, 0.5) is 11.5 Å². The lowest BCUT2D eigenvalue weighted by Gasteiger charge is -2.19. The van der Waals surface area contributed by atoms with Crippen LogP contribution in [0.5, 0.6) is 0 Å². The standard InChI is InChI=1S/C14H13N5/c1-10-13(9-16)14(19(3)17-10)18(2)12-6-4-11(8-15)5-7-12/h4-7H,1-3H3. The fourth-order valence-electron chi connectivity index (χ4n) is 2.04. The predicted molar refractivity (Wildman–Crippen MR) is 71.9 cm³/mol. The Hall–Kier alpha value is -2.79. The van der Waals surface area contributed by atoms with Gasteiger partial charge in [0.2, 0.25) is 0 Å². The lowest BCUT2D eigenvalue weighted by Crippen LogP contribution is -2.14. The summed E-state index contributed by atoms with van der Waals surface area (Å²) >= 11 is 0. The van der Waals surface area contributed by atoms with Crippen LogP contribution >= 0.6 is 0 Å². The van der Waals surface area contributed by atoms with E-state index in [1.54, 1.807) is 16.8 Å². The third-order valence-corrected chi connectivity index (χ3v) is 3.01. The number of benzene rings is 1. The van der Waals surface area contributed by atoms with Gasteiger partial charge in [-0.2, -0.15) is 15.6 Å². The van der Waals surface area contributed by atoms with Gasteiger partial charge in [0.15, 0.2) is 0 Å². The van der Waals surface area contributed by atoms with Gasteiger partial charge < -0.3 is 4.90 Å². The lowest BCUT2D eigenvalue weighted by molar-refractivity contribution is 0.750. The fourth-order valence-corrected chi connectivity index (χ4v) is 2.04. The second kappa shape index (κ2) is 4.83. The molecular formula is C14H13N5. The Morgan fingerprint density at radius 1 is 1.16 bits per heavy atom. The van der Waals surface area contributed by atoms with Gasteiger partial charge in [-0.15, -0.1) is 0 Å². The molecule has 0 bridgehead atoms. The predicted octanol–water partition coefficient (Wildman–Crippen LogP) is 2.24. The van der Waals surface area contributed by atoms with E-state index in [1.165, 1.54) is 0 Å². The molecule has 0 aliphatic rings. The second-order valence-corrected chi connectivity index (χ2v) is 4.24. The molecule has 0 fully saturated rings. The quantitative estimate of drug-likeness (QED) is 0.820. The van der Waals surface area contributed by atoms with Crippen molar-refractivity contribution in [1.29, 1.82) is 10.5 Å². The third-order valence-electron chi connectivity index (χ3n) is 3.01. The summed E-state index contributed by atoms with van der Waals surface area (Å²) in [4.78, 5) is 1.89. The minimum absolute atomic E-state index is 0.564. The van der Waals surface area contributed by atoms with E-state index in [0.29, 0.717) is 16.8 Å². The Bertz CT molecular complexity index is 682.